The molecule has 1 unspecified atom stereocenters. The van der Waals surface area contributed by atoms with Gasteiger partial charge in [-0.2, -0.15) is 0 Å². The fourth-order valence-corrected chi connectivity index (χ4v) is 4.97. The van der Waals surface area contributed by atoms with Crippen LogP contribution in [0.15, 0.2) is 52.2 Å². The molecule has 0 radical (unpaired) electrons. The van der Waals surface area contributed by atoms with Crippen molar-refractivity contribution in [2.45, 2.75) is 51.6 Å². The first kappa shape index (κ1) is 25.7. The van der Waals surface area contributed by atoms with Crippen LogP contribution < -0.4 is 20.1 Å². The average Bonchev–Trinajstić information content (AvgIpc) is 3.07. The third-order valence-corrected chi connectivity index (χ3v) is 7.24. The minimum Gasteiger partial charge on any atom is -0.352 e. The number of thioether (sulfide) groups is 1. The summed E-state index contributed by atoms with van der Waals surface area (Å²) in [6.07, 6.45) is 6.07. The molecular weight excluding hydrogens is 464 g/mol. The molecule has 0 fully saturated rings. The zero-order valence-corrected chi connectivity index (χ0v) is 21.8. The topological polar surface area (TPSA) is 68.2 Å². The van der Waals surface area contributed by atoms with Crippen molar-refractivity contribution in [3.63, 3.8) is 0 Å². The number of hydrogen-bond acceptors (Lipinski definition) is 5. The van der Waals surface area contributed by atoms with Crippen molar-refractivity contribution in [1.29, 1.82) is 0 Å². The molecule has 3 rings (SSSR count). The maximum atomic E-state index is 13.3. The van der Waals surface area contributed by atoms with Gasteiger partial charge in [-0.1, -0.05) is 36.2 Å². The molecule has 0 spiro atoms. The molecule has 1 atom stereocenters. The number of benzene rings is 2. The summed E-state index contributed by atoms with van der Waals surface area (Å²) in [5, 5.41) is 2.90. The second-order valence-electron chi connectivity index (χ2n) is 8.38. The number of amides is 1. The fraction of sp³-hybridized carbons (Fsp3) is 0.296. The normalized spacial score (nSPS) is 13.2. The number of nitrogens with one attached hydrogen (secondary N) is 1. The highest BCUT2D eigenvalue weighted by Gasteiger charge is 2.13. The first-order chi connectivity index (χ1) is 16.2. The summed E-state index contributed by atoms with van der Waals surface area (Å²) < 4.78 is 2.33. The van der Waals surface area contributed by atoms with Gasteiger partial charge >= 0.3 is 0 Å². The van der Waals surface area contributed by atoms with Crippen molar-refractivity contribution in [3.8, 4) is 0 Å². The van der Waals surface area contributed by atoms with Crippen molar-refractivity contribution in [3.05, 3.63) is 84.3 Å². The Morgan fingerprint density at radius 3 is 2.35 bits per heavy atom. The molecule has 1 N–H and O–H groups in total. The number of nitrogens with zero attached hydrogens (tertiary/aromatic N) is 1. The zero-order chi connectivity index (χ0) is 24.8. The number of ketones is 1. The van der Waals surface area contributed by atoms with Crippen LogP contribution in [0, 0.1) is 13.8 Å². The lowest BCUT2D eigenvalue weighted by Gasteiger charge is -2.11. The molecule has 0 aliphatic carbocycles. The summed E-state index contributed by atoms with van der Waals surface area (Å²) >= 11 is 2.87. The van der Waals surface area contributed by atoms with Crippen molar-refractivity contribution >= 4 is 46.9 Å². The van der Waals surface area contributed by atoms with Crippen LogP contribution in [0.1, 0.15) is 47.3 Å². The van der Waals surface area contributed by atoms with E-state index in [1.165, 1.54) is 22.0 Å². The highest BCUT2D eigenvalue weighted by Crippen LogP contribution is 2.15. The standard InChI is InChI=1S/C27H30N2O3S2/c1-6-19(4)28-25(31)16-29-26(15-23(30)21-12-17(2)11-18(3)13-21)34-24(27(29)32)14-20-7-9-22(33-5)10-8-20/h7-15,19H,6,16H2,1-5H3,(H,28,31)/b24-14+,26-15-. The van der Waals surface area contributed by atoms with Crippen molar-refractivity contribution in [1.82, 2.24) is 9.88 Å². The Morgan fingerprint density at radius 2 is 1.76 bits per heavy atom. The minimum atomic E-state index is -0.280. The van der Waals surface area contributed by atoms with Gasteiger partial charge in [-0.15, -0.1) is 23.1 Å². The first-order valence-corrected chi connectivity index (χ1v) is 13.2. The van der Waals surface area contributed by atoms with Gasteiger partial charge in [-0.25, -0.2) is 0 Å². The van der Waals surface area contributed by atoms with Crippen LogP contribution in [0.3, 0.4) is 0 Å². The lowest BCUT2D eigenvalue weighted by molar-refractivity contribution is -0.122. The van der Waals surface area contributed by atoms with E-state index in [4.69, 9.17) is 0 Å². The average molecular weight is 495 g/mol. The maximum absolute atomic E-state index is 13.3. The van der Waals surface area contributed by atoms with Crippen LogP contribution in [-0.4, -0.2) is 28.6 Å². The van der Waals surface area contributed by atoms with Crippen molar-refractivity contribution in [2.75, 3.05) is 6.26 Å². The lowest BCUT2D eigenvalue weighted by Crippen LogP contribution is -2.40. The smallest absolute Gasteiger partial charge is 0.269 e. The molecule has 2 aromatic carbocycles. The number of aryl methyl sites for hydroxylation is 2. The maximum Gasteiger partial charge on any atom is 0.269 e. The van der Waals surface area contributed by atoms with E-state index in [0.717, 1.165) is 28.0 Å². The molecule has 1 amide bonds. The van der Waals surface area contributed by atoms with Crippen molar-refractivity contribution in [2.24, 2.45) is 0 Å². The van der Waals surface area contributed by atoms with Crippen molar-refractivity contribution < 1.29 is 9.59 Å². The Bertz CT molecular complexity index is 1350. The number of aromatic nitrogens is 1. The first-order valence-electron chi connectivity index (χ1n) is 11.2. The van der Waals surface area contributed by atoms with Crippen LogP contribution in [0.2, 0.25) is 0 Å². The minimum absolute atomic E-state index is 0.00662. The van der Waals surface area contributed by atoms with Crippen LogP contribution in [0.4, 0.5) is 0 Å². The number of Topliss-reactive ketones (excluding diaryl/α,β-unsaturated/α-hetero) is 1. The number of thiazole rings is 1. The molecule has 3 aromatic rings. The molecule has 0 bridgehead atoms. The molecule has 1 heterocycles. The number of hydrogen-bond donors (Lipinski definition) is 1. The molecule has 0 aliphatic rings. The SMILES string of the molecule is CCC(C)NC(=O)Cn1c(=O)/c(=C\c2ccc(SC)cc2)s/c1=C\C(=O)c1cc(C)cc(C)c1. The van der Waals surface area contributed by atoms with Gasteiger partial charge in [0, 0.05) is 22.6 Å². The molecule has 7 heteroatoms. The Morgan fingerprint density at radius 1 is 1.12 bits per heavy atom. The van der Waals surface area contributed by atoms with Gasteiger partial charge in [0.25, 0.3) is 5.56 Å². The fourth-order valence-electron chi connectivity index (χ4n) is 3.52. The number of rotatable bonds is 8. The van der Waals surface area contributed by atoms with E-state index < -0.39 is 0 Å². The van der Waals surface area contributed by atoms with E-state index in [1.807, 2.05) is 76.4 Å². The summed E-state index contributed by atoms with van der Waals surface area (Å²) in [6, 6.07) is 13.6. The molecule has 34 heavy (non-hydrogen) atoms. The highest BCUT2D eigenvalue weighted by molar-refractivity contribution is 7.98. The van der Waals surface area contributed by atoms with E-state index >= 15 is 0 Å². The third kappa shape index (κ3) is 6.58. The van der Waals surface area contributed by atoms with Gasteiger partial charge in [0.15, 0.2) is 5.78 Å². The summed E-state index contributed by atoms with van der Waals surface area (Å²) in [5.41, 5.74) is 3.16. The van der Waals surface area contributed by atoms with Gasteiger partial charge in [-0.05, 0) is 69.4 Å². The van der Waals surface area contributed by atoms with Crippen LogP contribution in [0.5, 0.6) is 0 Å². The Hall–Kier alpha value is -2.90. The Labute approximate surface area is 208 Å². The van der Waals surface area contributed by atoms with E-state index in [2.05, 4.69) is 5.32 Å². The highest BCUT2D eigenvalue weighted by atomic mass is 32.2. The predicted molar refractivity (Wildman–Crippen MR) is 142 cm³/mol. The van der Waals surface area contributed by atoms with E-state index in [-0.39, 0.29) is 29.8 Å². The van der Waals surface area contributed by atoms with Gasteiger partial charge in [0.1, 0.15) is 11.2 Å². The summed E-state index contributed by atoms with van der Waals surface area (Å²) in [4.78, 5) is 40.0. The second kappa shape index (κ2) is 11.5. The van der Waals surface area contributed by atoms with Crippen LogP contribution in [0.25, 0.3) is 12.2 Å². The molecule has 0 saturated carbocycles. The molecular formula is C27H30N2O3S2. The zero-order valence-electron chi connectivity index (χ0n) is 20.2. The summed E-state index contributed by atoms with van der Waals surface area (Å²) in [6.45, 7) is 7.66. The van der Waals surface area contributed by atoms with E-state index in [9.17, 15) is 14.4 Å². The lowest BCUT2D eigenvalue weighted by atomic mass is 10.0. The van der Waals surface area contributed by atoms with Gasteiger partial charge in [0.05, 0.1) is 4.53 Å². The molecule has 178 valence electrons. The largest absolute Gasteiger partial charge is 0.352 e. The molecule has 0 saturated heterocycles. The van der Waals surface area contributed by atoms with E-state index in [0.29, 0.717) is 14.8 Å². The molecule has 1 aromatic heterocycles. The molecule has 0 aliphatic heterocycles. The third-order valence-electron chi connectivity index (χ3n) is 5.43. The number of carbonyl (C=O) groups excluding carboxylic acids is 2. The number of carbonyl (C=O) groups is 2. The van der Waals surface area contributed by atoms with Crippen LogP contribution >= 0.6 is 23.1 Å². The molecule has 5 nitrogen and oxygen atoms in total. The Balaban J connectivity index is 2.10. The monoisotopic (exact) mass is 494 g/mol. The Kier molecular flexibility index (Phi) is 8.69. The summed E-state index contributed by atoms with van der Waals surface area (Å²) in [7, 11) is 0. The quantitative estimate of drug-likeness (QED) is 0.383. The summed E-state index contributed by atoms with van der Waals surface area (Å²) in [5.74, 6) is -0.446. The van der Waals surface area contributed by atoms with E-state index in [1.54, 1.807) is 17.8 Å². The van der Waals surface area contributed by atoms with Gasteiger partial charge in [-0.3, -0.25) is 19.0 Å². The van der Waals surface area contributed by atoms with Crippen LogP contribution in [-0.2, 0) is 11.3 Å². The van der Waals surface area contributed by atoms with Gasteiger partial charge in [0.2, 0.25) is 5.91 Å². The van der Waals surface area contributed by atoms with Gasteiger partial charge < -0.3 is 5.32 Å². The second-order valence-corrected chi connectivity index (χ2v) is 10.3. The predicted octanol–water partition coefficient (Wildman–Crippen LogP) is 3.66.